The highest BCUT2D eigenvalue weighted by molar-refractivity contribution is 5.85. The summed E-state index contributed by atoms with van der Waals surface area (Å²) in [5.41, 5.74) is 1.33. The van der Waals surface area contributed by atoms with Gasteiger partial charge in [0.15, 0.2) is 0 Å². The quantitative estimate of drug-likeness (QED) is 0.451. The van der Waals surface area contributed by atoms with Crippen LogP contribution in [0.15, 0.2) is 4.99 Å². The highest BCUT2D eigenvalue weighted by Gasteiger charge is 2.19. The lowest BCUT2D eigenvalue weighted by Crippen LogP contribution is -2.09. The van der Waals surface area contributed by atoms with Crippen molar-refractivity contribution >= 4 is 5.71 Å². The average Bonchev–Trinajstić information content (AvgIpc) is 1.98. The van der Waals surface area contributed by atoms with E-state index in [0.717, 1.165) is 18.4 Å². The summed E-state index contributed by atoms with van der Waals surface area (Å²) >= 11 is 0. The first-order valence-corrected chi connectivity index (χ1v) is 3.22. The maximum atomic E-state index is 4.31. The lowest BCUT2D eigenvalue weighted by Gasteiger charge is -2.06. The highest BCUT2D eigenvalue weighted by atomic mass is 14.8. The van der Waals surface area contributed by atoms with E-state index < -0.39 is 0 Å². The summed E-state index contributed by atoms with van der Waals surface area (Å²) in [6.45, 7) is 7.67. The summed E-state index contributed by atoms with van der Waals surface area (Å²) in [6.07, 6.45) is 0. The van der Waals surface area contributed by atoms with E-state index in [-0.39, 0.29) is 0 Å². The van der Waals surface area contributed by atoms with Crippen molar-refractivity contribution in [2.45, 2.75) is 20.8 Å². The number of rotatable bonds is 0. The van der Waals surface area contributed by atoms with Gasteiger partial charge < -0.3 is 0 Å². The van der Waals surface area contributed by atoms with Gasteiger partial charge in [-0.15, -0.1) is 0 Å². The standard InChI is InChI=1S/C7H13N/c1-5-4-8-7(3)6(5)2/h5-6H,4H2,1-3H3/t5?,6-/m0/s1. The van der Waals surface area contributed by atoms with Crippen LogP contribution in [0.25, 0.3) is 0 Å². The topological polar surface area (TPSA) is 12.4 Å². The number of hydrogen-bond donors (Lipinski definition) is 0. The lowest BCUT2D eigenvalue weighted by molar-refractivity contribution is 0.533. The summed E-state index contributed by atoms with van der Waals surface area (Å²) in [7, 11) is 0. The number of nitrogens with zero attached hydrogens (tertiary/aromatic N) is 1. The third-order valence-electron chi connectivity index (χ3n) is 2.14. The molecule has 8 heavy (non-hydrogen) atoms. The Bertz CT molecular complexity index is 116. The second-order valence-corrected chi connectivity index (χ2v) is 2.75. The van der Waals surface area contributed by atoms with Crippen molar-refractivity contribution < 1.29 is 0 Å². The van der Waals surface area contributed by atoms with Gasteiger partial charge in [-0.05, 0) is 18.8 Å². The molecule has 1 aliphatic heterocycles. The minimum atomic E-state index is 0.731. The van der Waals surface area contributed by atoms with Gasteiger partial charge in [0.25, 0.3) is 0 Å². The predicted octanol–water partition coefficient (Wildman–Crippen LogP) is 1.73. The van der Waals surface area contributed by atoms with E-state index in [1.165, 1.54) is 5.71 Å². The molecule has 0 amide bonds. The van der Waals surface area contributed by atoms with Crippen LogP contribution < -0.4 is 0 Å². The Morgan fingerprint density at radius 2 is 2.12 bits per heavy atom. The zero-order valence-electron chi connectivity index (χ0n) is 5.81. The molecule has 0 bridgehead atoms. The Labute approximate surface area is 50.8 Å². The molecule has 1 heteroatoms. The molecule has 0 aliphatic carbocycles. The minimum absolute atomic E-state index is 0.731. The third kappa shape index (κ3) is 0.770. The van der Waals surface area contributed by atoms with Crippen molar-refractivity contribution in [1.29, 1.82) is 0 Å². The molecule has 0 aromatic rings. The van der Waals surface area contributed by atoms with Gasteiger partial charge in [0.2, 0.25) is 0 Å². The van der Waals surface area contributed by atoms with Crippen LogP contribution in [-0.4, -0.2) is 12.3 Å². The molecular weight excluding hydrogens is 98.1 g/mol. The first-order valence-electron chi connectivity index (χ1n) is 3.22. The summed E-state index contributed by atoms with van der Waals surface area (Å²) in [5, 5.41) is 0. The van der Waals surface area contributed by atoms with Crippen molar-refractivity contribution in [3.8, 4) is 0 Å². The number of hydrogen-bond acceptors (Lipinski definition) is 1. The SMILES string of the molecule is CC1=NCC(C)[C@@H]1C. The monoisotopic (exact) mass is 111 g/mol. The summed E-state index contributed by atoms with van der Waals surface area (Å²) in [6, 6.07) is 0. The van der Waals surface area contributed by atoms with Crippen LogP contribution in [0.4, 0.5) is 0 Å². The third-order valence-corrected chi connectivity index (χ3v) is 2.14. The molecule has 0 fully saturated rings. The largest absolute Gasteiger partial charge is 0.294 e. The molecule has 0 aromatic heterocycles. The second kappa shape index (κ2) is 1.88. The Kier molecular flexibility index (Phi) is 1.37. The first-order chi connectivity index (χ1) is 3.72. The van der Waals surface area contributed by atoms with Crippen molar-refractivity contribution in [3.05, 3.63) is 0 Å². The van der Waals surface area contributed by atoms with Gasteiger partial charge in [-0.3, -0.25) is 4.99 Å². The fourth-order valence-corrected chi connectivity index (χ4v) is 1.00. The van der Waals surface area contributed by atoms with E-state index in [9.17, 15) is 0 Å². The van der Waals surface area contributed by atoms with Crippen LogP contribution in [0.2, 0.25) is 0 Å². The van der Waals surface area contributed by atoms with Gasteiger partial charge in [-0.2, -0.15) is 0 Å². The first kappa shape index (κ1) is 5.80. The zero-order valence-corrected chi connectivity index (χ0v) is 5.81. The fraction of sp³-hybridized carbons (Fsp3) is 0.857. The highest BCUT2D eigenvalue weighted by Crippen LogP contribution is 2.19. The molecular formula is C7H13N. The van der Waals surface area contributed by atoms with Gasteiger partial charge in [0.1, 0.15) is 0 Å². The van der Waals surface area contributed by atoms with Crippen molar-refractivity contribution in [2.24, 2.45) is 16.8 Å². The smallest absolute Gasteiger partial charge is 0.0420 e. The number of aliphatic imine (C=N–C) groups is 1. The zero-order chi connectivity index (χ0) is 6.15. The van der Waals surface area contributed by atoms with Crippen LogP contribution in [0, 0.1) is 11.8 Å². The predicted molar refractivity (Wildman–Crippen MR) is 36.3 cm³/mol. The molecule has 0 saturated carbocycles. The van der Waals surface area contributed by atoms with Crippen LogP contribution in [0.3, 0.4) is 0 Å². The molecule has 0 radical (unpaired) electrons. The molecule has 1 nitrogen and oxygen atoms in total. The van der Waals surface area contributed by atoms with Gasteiger partial charge in [0.05, 0.1) is 0 Å². The molecule has 1 rings (SSSR count). The summed E-state index contributed by atoms with van der Waals surface area (Å²) in [4.78, 5) is 4.31. The maximum Gasteiger partial charge on any atom is 0.0420 e. The van der Waals surface area contributed by atoms with Crippen LogP contribution >= 0.6 is 0 Å². The van der Waals surface area contributed by atoms with Crippen LogP contribution in [-0.2, 0) is 0 Å². The van der Waals surface area contributed by atoms with E-state index in [1.54, 1.807) is 0 Å². The Morgan fingerprint density at radius 1 is 1.50 bits per heavy atom. The summed E-state index contributed by atoms with van der Waals surface area (Å²) < 4.78 is 0. The van der Waals surface area contributed by atoms with Gasteiger partial charge in [-0.25, -0.2) is 0 Å². The molecule has 0 saturated heterocycles. The molecule has 1 unspecified atom stereocenters. The van der Waals surface area contributed by atoms with Gasteiger partial charge >= 0.3 is 0 Å². The van der Waals surface area contributed by atoms with Crippen LogP contribution in [0.5, 0.6) is 0 Å². The van der Waals surface area contributed by atoms with E-state index in [4.69, 9.17) is 0 Å². The van der Waals surface area contributed by atoms with Gasteiger partial charge in [0, 0.05) is 12.3 Å². The van der Waals surface area contributed by atoms with Crippen molar-refractivity contribution in [1.82, 2.24) is 0 Å². The van der Waals surface area contributed by atoms with Crippen molar-refractivity contribution in [3.63, 3.8) is 0 Å². The molecule has 0 N–H and O–H groups in total. The van der Waals surface area contributed by atoms with E-state index in [2.05, 4.69) is 25.8 Å². The average molecular weight is 111 g/mol. The molecule has 1 heterocycles. The fourth-order valence-electron chi connectivity index (χ4n) is 1.00. The Morgan fingerprint density at radius 3 is 2.25 bits per heavy atom. The van der Waals surface area contributed by atoms with Gasteiger partial charge in [-0.1, -0.05) is 13.8 Å². The second-order valence-electron chi connectivity index (χ2n) is 2.75. The van der Waals surface area contributed by atoms with Crippen molar-refractivity contribution in [2.75, 3.05) is 6.54 Å². The Balaban J connectivity index is 2.59. The molecule has 0 spiro atoms. The maximum absolute atomic E-state index is 4.31. The molecule has 2 atom stereocenters. The minimum Gasteiger partial charge on any atom is -0.294 e. The van der Waals surface area contributed by atoms with Crippen LogP contribution in [0.1, 0.15) is 20.8 Å². The Hall–Kier alpha value is -0.330. The van der Waals surface area contributed by atoms with E-state index in [0.29, 0.717) is 0 Å². The van der Waals surface area contributed by atoms with E-state index >= 15 is 0 Å². The molecule has 1 aliphatic rings. The lowest BCUT2D eigenvalue weighted by atomic mass is 9.96. The van der Waals surface area contributed by atoms with E-state index in [1.807, 2.05) is 0 Å². The molecule has 46 valence electrons. The summed E-state index contributed by atoms with van der Waals surface area (Å²) in [5.74, 6) is 1.52. The molecule has 0 aromatic carbocycles. The normalized spacial score (nSPS) is 37.6.